The van der Waals surface area contributed by atoms with Gasteiger partial charge in [0, 0.05) is 0 Å². The van der Waals surface area contributed by atoms with Crippen LogP contribution >= 0.6 is 15.9 Å². The quantitative estimate of drug-likeness (QED) is 0.610. The van der Waals surface area contributed by atoms with Gasteiger partial charge in [0.05, 0.1) is 12.8 Å². The summed E-state index contributed by atoms with van der Waals surface area (Å²) in [6.45, 7) is 2.14. The van der Waals surface area contributed by atoms with Crippen molar-refractivity contribution in [1.29, 1.82) is 0 Å². The molecule has 2 rings (SSSR count). The Morgan fingerprint density at radius 3 is 3.17 bits per heavy atom. The van der Waals surface area contributed by atoms with E-state index in [9.17, 15) is 4.79 Å². The van der Waals surface area contributed by atoms with Gasteiger partial charge < -0.3 is 9.47 Å². The average Bonchev–Trinajstić information content (AvgIpc) is 2.85. The maximum Gasteiger partial charge on any atom is 0.344 e. The van der Waals surface area contributed by atoms with E-state index in [1.165, 1.54) is 12.5 Å². The highest BCUT2D eigenvalue weighted by molar-refractivity contribution is 9.10. The van der Waals surface area contributed by atoms with Gasteiger partial charge in [-0.15, -0.1) is 10.2 Å². The van der Waals surface area contributed by atoms with Crippen LogP contribution in [0.15, 0.2) is 17.3 Å². The molecule has 2 heterocycles. The standard InChI is InChI=1S/C10H11BrN4O3/c1-2-3-17-8(16)5-18-7-4-12-10(11)15-6-13-14-9(7)15/h4,6H,2-3,5H2,1H3. The molecule has 2 aromatic heterocycles. The number of aromatic nitrogens is 4. The lowest BCUT2D eigenvalue weighted by Gasteiger charge is -2.07. The Balaban J connectivity index is 2.06. The molecule has 0 atom stereocenters. The predicted octanol–water partition coefficient (Wildman–Crippen LogP) is 1.22. The molecule has 96 valence electrons. The average molecular weight is 315 g/mol. The number of ether oxygens (including phenoxy) is 2. The number of carbonyl (C=O) groups excluding carboxylic acids is 1. The van der Waals surface area contributed by atoms with E-state index < -0.39 is 5.97 Å². The topological polar surface area (TPSA) is 78.6 Å². The molecule has 0 spiro atoms. The molecule has 0 aliphatic heterocycles. The van der Waals surface area contributed by atoms with Crippen LogP contribution < -0.4 is 4.74 Å². The number of hydrogen-bond acceptors (Lipinski definition) is 6. The third-order valence-corrected chi connectivity index (χ3v) is 2.65. The lowest BCUT2D eigenvalue weighted by molar-refractivity contribution is -0.145. The van der Waals surface area contributed by atoms with E-state index in [-0.39, 0.29) is 6.61 Å². The van der Waals surface area contributed by atoms with E-state index in [0.717, 1.165) is 6.42 Å². The summed E-state index contributed by atoms with van der Waals surface area (Å²) < 4.78 is 12.4. The van der Waals surface area contributed by atoms with Gasteiger partial charge in [0.25, 0.3) is 0 Å². The molecule has 0 aliphatic carbocycles. The van der Waals surface area contributed by atoms with Gasteiger partial charge in [-0.1, -0.05) is 6.92 Å². The van der Waals surface area contributed by atoms with Crippen LogP contribution in [0, 0.1) is 0 Å². The van der Waals surface area contributed by atoms with Gasteiger partial charge >= 0.3 is 5.97 Å². The number of fused-ring (bicyclic) bond motifs is 1. The van der Waals surface area contributed by atoms with Crippen molar-refractivity contribution in [2.24, 2.45) is 0 Å². The lowest BCUT2D eigenvalue weighted by atomic mass is 10.5. The monoisotopic (exact) mass is 314 g/mol. The van der Waals surface area contributed by atoms with Crippen molar-refractivity contribution in [1.82, 2.24) is 19.6 Å². The summed E-state index contributed by atoms with van der Waals surface area (Å²) in [5, 5.41) is 7.63. The van der Waals surface area contributed by atoms with Gasteiger partial charge in [0.1, 0.15) is 6.33 Å². The fourth-order valence-electron chi connectivity index (χ4n) is 1.27. The van der Waals surface area contributed by atoms with E-state index >= 15 is 0 Å². The van der Waals surface area contributed by atoms with Gasteiger partial charge in [-0.3, -0.25) is 4.40 Å². The molecule has 0 bridgehead atoms. The zero-order chi connectivity index (χ0) is 13.0. The minimum absolute atomic E-state index is 0.175. The number of carbonyl (C=O) groups is 1. The molecule has 18 heavy (non-hydrogen) atoms. The minimum Gasteiger partial charge on any atom is -0.476 e. The molecule has 8 heteroatoms. The third kappa shape index (κ3) is 2.76. The molecule has 0 N–H and O–H groups in total. The summed E-state index contributed by atoms with van der Waals surface area (Å²) in [5.74, 6) is -0.0402. The molecule has 0 radical (unpaired) electrons. The highest BCUT2D eigenvalue weighted by Crippen LogP contribution is 2.19. The zero-order valence-corrected chi connectivity index (χ0v) is 11.3. The summed E-state index contributed by atoms with van der Waals surface area (Å²) >= 11 is 3.25. The summed E-state index contributed by atoms with van der Waals surface area (Å²) in [4.78, 5) is 15.3. The van der Waals surface area contributed by atoms with Gasteiger partial charge in [-0.05, 0) is 22.4 Å². The number of rotatable bonds is 5. The molecule has 0 aliphatic rings. The Bertz CT molecular complexity index is 557. The molecule has 2 aromatic rings. The van der Waals surface area contributed by atoms with Crippen molar-refractivity contribution in [2.45, 2.75) is 13.3 Å². The Morgan fingerprint density at radius 2 is 2.39 bits per heavy atom. The van der Waals surface area contributed by atoms with Crippen LogP contribution in [0.4, 0.5) is 0 Å². The van der Waals surface area contributed by atoms with E-state index in [0.29, 0.717) is 22.7 Å². The summed E-state index contributed by atoms with van der Waals surface area (Å²) in [7, 11) is 0. The van der Waals surface area contributed by atoms with Crippen molar-refractivity contribution in [3.05, 3.63) is 17.3 Å². The van der Waals surface area contributed by atoms with Crippen LogP contribution in [-0.2, 0) is 9.53 Å². The van der Waals surface area contributed by atoms with E-state index in [2.05, 4.69) is 31.1 Å². The van der Waals surface area contributed by atoms with E-state index in [4.69, 9.17) is 9.47 Å². The maximum atomic E-state index is 11.3. The highest BCUT2D eigenvalue weighted by atomic mass is 79.9. The first kappa shape index (κ1) is 12.7. The molecule has 7 nitrogen and oxygen atoms in total. The van der Waals surface area contributed by atoms with Crippen LogP contribution in [0.25, 0.3) is 5.65 Å². The van der Waals surface area contributed by atoms with Crippen molar-refractivity contribution in [3.63, 3.8) is 0 Å². The van der Waals surface area contributed by atoms with Gasteiger partial charge in [-0.25, -0.2) is 9.78 Å². The fraction of sp³-hybridized carbons (Fsp3) is 0.400. The summed E-state index contributed by atoms with van der Waals surface area (Å²) in [5.41, 5.74) is 0.486. The Hall–Kier alpha value is -1.70. The molecule has 0 saturated heterocycles. The second-order valence-corrected chi connectivity index (χ2v) is 4.13. The second kappa shape index (κ2) is 5.76. The first-order chi connectivity index (χ1) is 8.72. The maximum absolute atomic E-state index is 11.3. The molecule has 0 fully saturated rings. The van der Waals surface area contributed by atoms with Crippen LogP contribution in [0.5, 0.6) is 5.75 Å². The van der Waals surface area contributed by atoms with Gasteiger partial charge in [0.15, 0.2) is 17.1 Å². The SMILES string of the molecule is CCCOC(=O)COc1cnc(Br)n2cnnc12. The van der Waals surface area contributed by atoms with Crippen LogP contribution in [-0.4, -0.2) is 38.8 Å². The normalized spacial score (nSPS) is 10.6. The van der Waals surface area contributed by atoms with E-state index in [1.54, 1.807) is 4.40 Å². The van der Waals surface area contributed by atoms with Crippen LogP contribution in [0.2, 0.25) is 0 Å². The van der Waals surface area contributed by atoms with Gasteiger partial charge in [-0.2, -0.15) is 0 Å². The minimum atomic E-state index is -0.419. The molecule has 0 unspecified atom stereocenters. The fourth-order valence-corrected chi connectivity index (χ4v) is 1.63. The number of nitrogens with zero attached hydrogens (tertiary/aromatic N) is 4. The zero-order valence-electron chi connectivity index (χ0n) is 9.67. The number of hydrogen-bond donors (Lipinski definition) is 0. The number of esters is 1. The van der Waals surface area contributed by atoms with Crippen molar-refractivity contribution in [2.75, 3.05) is 13.2 Å². The Kier molecular flexibility index (Phi) is 4.08. The van der Waals surface area contributed by atoms with Crippen LogP contribution in [0.1, 0.15) is 13.3 Å². The number of halogens is 1. The molecule has 0 saturated carbocycles. The third-order valence-electron chi connectivity index (χ3n) is 2.07. The predicted molar refractivity (Wildman–Crippen MR) is 65.2 cm³/mol. The first-order valence-corrected chi connectivity index (χ1v) is 6.14. The molecular weight excluding hydrogens is 304 g/mol. The van der Waals surface area contributed by atoms with Crippen molar-refractivity contribution >= 4 is 27.5 Å². The highest BCUT2D eigenvalue weighted by Gasteiger charge is 2.11. The van der Waals surface area contributed by atoms with E-state index in [1.807, 2.05) is 6.92 Å². The summed E-state index contributed by atoms with van der Waals surface area (Å²) in [6.07, 6.45) is 3.75. The van der Waals surface area contributed by atoms with Gasteiger partial charge in [0.2, 0.25) is 5.65 Å². The smallest absolute Gasteiger partial charge is 0.344 e. The Morgan fingerprint density at radius 1 is 1.56 bits per heavy atom. The Labute approximate surface area is 111 Å². The molecule has 0 aromatic carbocycles. The largest absolute Gasteiger partial charge is 0.476 e. The van der Waals surface area contributed by atoms with Crippen molar-refractivity contribution in [3.8, 4) is 5.75 Å². The first-order valence-electron chi connectivity index (χ1n) is 5.35. The second-order valence-electron chi connectivity index (χ2n) is 3.43. The molecular formula is C10H11BrN4O3. The summed E-state index contributed by atoms with van der Waals surface area (Å²) in [6, 6.07) is 0. The lowest BCUT2D eigenvalue weighted by Crippen LogP contribution is -2.15. The van der Waals surface area contributed by atoms with Crippen LogP contribution in [0.3, 0.4) is 0 Å². The molecule has 0 amide bonds. The van der Waals surface area contributed by atoms with Crippen molar-refractivity contribution < 1.29 is 14.3 Å².